The third-order valence-corrected chi connectivity index (χ3v) is 3.09. The van der Waals surface area contributed by atoms with Gasteiger partial charge in [0.25, 0.3) is 0 Å². The summed E-state index contributed by atoms with van der Waals surface area (Å²) in [5, 5.41) is 3.37. The van der Waals surface area contributed by atoms with Crippen molar-refractivity contribution in [1.82, 2.24) is 4.90 Å². The van der Waals surface area contributed by atoms with Gasteiger partial charge < -0.3 is 11.1 Å². The highest BCUT2D eigenvalue weighted by Gasteiger charge is 2.08. The van der Waals surface area contributed by atoms with Crippen molar-refractivity contribution in [2.75, 3.05) is 25.0 Å². The average Bonchev–Trinajstić information content (AvgIpc) is 2.38. The molecule has 0 radical (unpaired) electrons. The van der Waals surface area contributed by atoms with Gasteiger partial charge in [0.2, 0.25) is 0 Å². The Bertz CT molecular complexity index is 349. The predicted molar refractivity (Wildman–Crippen MR) is 83.8 cm³/mol. The van der Waals surface area contributed by atoms with E-state index in [9.17, 15) is 0 Å². The van der Waals surface area contributed by atoms with Gasteiger partial charge in [0.1, 0.15) is 5.50 Å². The molecule has 1 rings (SSSR count). The maximum atomic E-state index is 5.79. The molecule has 100 valence electrons. The molecule has 1 aromatic carbocycles. The summed E-state index contributed by atoms with van der Waals surface area (Å²) in [5.74, 6) is 0. The predicted octanol–water partition coefficient (Wildman–Crippen LogP) is 2.63. The van der Waals surface area contributed by atoms with Gasteiger partial charge in [-0.15, -0.1) is 12.6 Å². The van der Waals surface area contributed by atoms with E-state index in [0.717, 1.165) is 37.3 Å². The van der Waals surface area contributed by atoms with Gasteiger partial charge in [0.05, 0.1) is 0 Å². The van der Waals surface area contributed by atoms with Crippen molar-refractivity contribution in [3.05, 3.63) is 36.4 Å². The third kappa shape index (κ3) is 5.12. The molecule has 0 heterocycles. The first kappa shape index (κ1) is 15.1. The summed E-state index contributed by atoms with van der Waals surface area (Å²) in [5.41, 5.74) is 7.85. The third-order valence-electron chi connectivity index (χ3n) is 2.76. The molecule has 18 heavy (non-hydrogen) atoms. The Kier molecular flexibility index (Phi) is 6.86. The Morgan fingerprint density at radius 3 is 2.56 bits per heavy atom. The molecule has 0 aliphatic carbocycles. The summed E-state index contributed by atoms with van der Waals surface area (Å²) in [7, 11) is 0. The Hall–Kier alpha value is -0.970. The van der Waals surface area contributed by atoms with Crippen molar-refractivity contribution in [2.45, 2.75) is 18.8 Å². The zero-order valence-corrected chi connectivity index (χ0v) is 11.9. The van der Waals surface area contributed by atoms with Crippen molar-refractivity contribution >= 4 is 24.4 Å². The number of hydrogen-bond acceptors (Lipinski definition) is 4. The monoisotopic (exact) mass is 265 g/mol. The molecule has 0 amide bonds. The molecule has 3 N–H and O–H groups in total. The summed E-state index contributed by atoms with van der Waals surface area (Å²) < 4.78 is 0. The molecule has 1 atom stereocenters. The second kappa shape index (κ2) is 8.19. The minimum Gasteiger partial charge on any atom is -0.384 e. The van der Waals surface area contributed by atoms with E-state index in [1.54, 1.807) is 0 Å². The summed E-state index contributed by atoms with van der Waals surface area (Å²) in [6.07, 6.45) is 2.93. The molecule has 0 bridgehead atoms. The number of rotatable bonds is 8. The van der Waals surface area contributed by atoms with Crippen molar-refractivity contribution in [3.8, 4) is 0 Å². The van der Waals surface area contributed by atoms with Gasteiger partial charge >= 0.3 is 0 Å². The van der Waals surface area contributed by atoms with Gasteiger partial charge in [-0.3, -0.25) is 4.90 Å². The Labute approximate surface area is 115 Å². The van der Waals surface area contributed by atoms with Crippen LogP contribution in [-0.2, 0) is 0 Å². The van der Waals surface area contributed by atoms with Crippen LogP contribution in [0.25, 0.3) is 6.08 Å². The van der Waals surface area contributed by atoms with E-state index >= 15 is 0 Å². The van der Waals surface area contributed by atoms with Crippen LogP contribution >= 0.6 is 12.6 Å². The molecule has 0 aliphatic heterocycles. The first-order chi connectivity index (χ1) is 8.67. The summed E-state index contributed by atoms with van der Waals surface area (Å²) in [4.78, 5) is 2.15. The van der Waals surface area contributed by atoms with Crippen LogP contribution in [0, 0.1) is 0 Å². The summed E-state index contributed by atoms with van der Waals surface area (Å²) in [6, 6.07) is 8.20. The topological polar surface area (TPSA) is 41.3 Å². The molecule has 0 fully saturated rings. The van der Waals surface area contributed by atoms with Crippen molar-refractivity contribution in [1.29, 1.82) is 0 Å². The van der Waals surface area contributed by atoms with Crippen LogP contribution in [-0.4, -0.2) is 30.0 Å². The van der Waals surface area contributed by atoms with Crippen molar-refractivity contribution < 1.29 is 0 Å². The second-order valence-corrected chi connectivity index (χ2v) is 4.73. The first-order valence-corrected chi connectivity index (χ1v) is 6.83. The first-order valence-electron chi connectivity index (χ1n) is 6.31. The highest BCUT2D eigenvalue weighted by atomic mass is 32.1. The molecule has 0 aliphatic rings. The number of benzene rings is 1. The molecule has 4 heteroatoms. The molecule has 0 aromatic heterocycles. The van der Waals surface area contributed by atoms with Crippen LogP contribution in [0.3, 0.4) is 0 Å². The Morgan fingerprint density at radius 1 is 1.39 bits per heavy atom. The largest absolute Gasteiger partial charge is 0.384 e. The average molecular weight is 265 g/mol. The number of nitrogens with zero attached hydrogens (tertiary/aromatic N) is 1. The molecule has 1 unspecified atom stereocenters. The second-order valence-electron chi connectivity index (χ2n) is 4.20. The highest BCUT2D eigenvalue weighted by Crippen LogP contribution is 2.10. The van der Waals surface area contributed by atoms with E-state index < -0.39 is 0 Å². The lowest BCUT2D eigenvalue weighted by molar-refractivity contribution is 0.271. The van der Waals surface area contributed by atoms with Crippen LogP contribution in [0.15, 0.2) is 30.8 Å². The molecule has 0 saturated heterocycles. The molecular formula is C14H23N3S. The van der Waals surface area contributed by atoms with E-state index in [1.165, 1.54) is 0 Å². The Morgan fingerprint density at radius 2 is 2.06 bits per heavy atom. The van der Waals surface area contributed by atoms with E-state index in [-0.39, 0.29) is 5.50 Å². The lowest BCUT2D eigenvalue weighted by Gasteiger charge is -2.25. The van der Waals surface area contributed by atoms with Gasteiger partial charge in [-0.05, 0) is 24.1 Å². The minimum absolute atomic E-state index is 0.185. The van der Waals surface area contributed by atoms with Crippen LogP contribution < -0.4 is 11.1 Å². The zero-order valence-electron chi connectivity index (χ0n) is 11.0. The molecule has 1 aromatic rings. The van der Waals surface area contributed by atoms with E-state index in [4.69, 9.17) is 5.73 Å². The van der Waals surface area contributed by atoms with Crippen LogP contribution in [0.1, 0.15) is 18.9 Å². The summed E-state index contributed by atoms with van der Waals surface area (Å²) in [6.45, 7) is 8.61. The smallest absolute Gasteiger partial charge is 0.103 e. The van der Waals surface area contributed by atoms with Gasteiger partial charge in [-0.25, -0.2) is 0 Å². The molecular weight excluding hydrogens is 242 g/mol. The normalized spacial score (nSPS) is 12.4. The lowest BCUT2D eigenvalue weighted by Crippen LogP contribution is -2.41. The highest BCUT2D eigenvalue weighted by molar-refractivity contribution is 7.80. The zero-order chi connectivity index (χ0) is 13.4. The fourth-order valence-corrected chi connectivity index (χ4v) is 1.98. The van der Waals surface area contributed by atoms with Gasteiger partial charge in [0.15, 0.2) is 0 Å². The lowest BCUT2D eigenvalue weighted by atomic mass is 10.2. The number of hydrogen-bond donors (Lipinski definition) is 3. The van der Waals surface area contributed by atoms with Gasteiger partial charge in [-0.1, -0.05) is 31.7 Å². The van der Waals surface area contributed by atoms with E-state index in [1.807, 2.05) is 18.2 Å². The minimum atomic E-state index is -0.185. The molecule has 0 saturated carbocycles. The fraction of sp³-hybridized carbons (Fsp3) is 0.429. The number of anilines is 1. The number of nitrogens with one attached hydrogen (secondary N) is 1. The van der Waals surface area contributed by atoms with Crippen LogP contribution in [0.4, 0.5) is 5.69 Å². The standard InChI is InChI=1S/C14H23N3S/c1-3-10-17(14(15)18)11-9-16-13-7-5-12(4-2)6-8-13/h4-8,14,16,18H,2-3,9-11,15H2,1H3. The maximum Gasteiger partial charge on any atom is 0.103 e. The van der Waals surface area contributed by atoms with Gasteiger partial charge in [0, 0.05) is 25.3 Å². The van der Waals surface area contributed by atoms with Gasteiger partial charge in [-0.2, -0.15) is 0 Å². The van der Waals surface area contributed by atoms with E-state index in [0.29, 0.717) is 0 Å². The summed E-state index contributed by atoms with van der Waals surface area (Å²) >= 11 is 4.28. The molecule has 3 nitrogen and oxygen atoms in total. The SMILES string of the molecule is C=Cc1ccc(NCCN(CCC)C(N)S)cc1. The van der Waals surface area contributed by atoms with Crippen LogP contribution in [0.2, 0.25) is 0 Å². The van der Waals surface area contributed by atoms with Crippen molar-refractivity contribution in [2.24, 2.45) is 5.73 Å². The quantitative estimate of drug-likeness (QED) is 0.500. The van der Waals surface area contributed by atoms with Crippen molar-refractivity contribution in [3.63, 3.8) is 0 Å². The number of nitrogens with two attached hydrogens (primary N) is 1. The molecule has 0 spiro atoms. The van der Waals surface area contributed by atoms with Crippen LogP contribution in [0.5, 0.6) is 0 Å². The fourth-order valence-electron chi connectivity index (χ4n) is 1.74. The number of thiol groups is 1. The van der Waals surface area contributed by atoms with E-state index in [2.05, 4.69) is 48.5 Å². The maximum absolute atomic E-state index is 5.79. The Balaban J connectivity index is 2.37.